The van der Waals surface area contributed by atoms with Crippen molar-refractivity contribution in [2.24, 2.45) is 0 Å². The molecule has 0 aliphatic carbocycles. The van der Waals surface area contributed by atoms with E-state index in [1.165, 1.54) is 10.9 Å². The summed E-state index contributed by atoms with van der Waals surface area (Å²) in [5.74, 6) is 0.479. The molecule has 6 nitrogen and oxygen atoms in total. The van der Waals surface area contributed by atoms with Crippen molar-refractivity contribution < 1.29 is 9.53 Å². The molecular formula is C19H18ClN3O3. The zero-order valence-corrected chi connectivity index (χ0v) is 15.2. The lowest BCUT2D eigenvalue weighted by atomic mass is 10.2. The second-order valence-corrected chi connectivity index (χ2v) is 6.30. The van der Waals surface area contributed by atoms with Crippen LogP contribution >= 0.6 is 11.6 Å². The van der Waals surface area contributed by atoms with Crippen molar-refractivity contribution >= 4 is 28.4 Å². The highest BCUT2D eigenvalue weighted by atomic mass is 35.5. The summed E-state index contributed by atoms with van der Waals surface area (Å²) in [6.07, 6.45) is 1.39. The Morgan fingerprint density at radius 1 is 1.27 bits per heavy atom. The fraction of sp³-hybridized carbons (Fsp3) is 0.211. The highest BCUT2D eigenvalue weighted by Gasteiger charge is 2.17. The Bertz CT molecular complexity index is 999. The molecule has 26 heavy (non-hydrogen) atoms. The minimum Gasteiger partial charge on any atom is -0.497 e. The molecule has 1 atom stereocenters. The Kier molecular flexibility index (Phi) is 5.23. The Hall–Kier alpha value is -2.86. The van der Waals surface area contributed by atoms with Crippen LogP contribution in [0.25, 0.3) is 10.9 Å². The van der Waals surface area contributed by atoms with Gasteiger partial charge >= 0.3 is 0 Å². The SMILES string of the molecule is COc1ccc(CNC(=O)C(C)n2cnc3ccc(Cl)cc3c2=O)cc1. The molecule has 2 aromatic carbocycles. The molecule has 0 spiro atoms. The molecule has 1 heterocycles. The van der Waals surface area contributed by atoms with Gasteiger partial charge in [0.15, 0.2) is 0 Å². The fourth-order valence-corrected chi connectivity index (χ4v) is 2.76. The number of hydrogen-bond acceptors (Lipinski definition) is 4. The van der Waals surface area contributed by atoms with Crippen LogP contribution in [-0.4, -0.2) is 22.6 Å². The number of carbonyl (C=O) groups is 1. The van der Waals surface area contributed by atoms with Crippen molar-refractivity contribution in [3.05, 3.63) is 69.7 Å². The van der Waals surface area contributed by atoms with E-state index in [0.717, 1.165) is 11.3 Å². The third-order valence-corrected chi connectivity index (χ3v) is 4.40. The summed E-state index contributed by atoms with van der Waals surface area (Å²) in [6.45, 7) is 2.01. The molecule has 134 valence electrons. The minimum atomic E-state index is -0.698. The zero-order valence-electron chi connectivity index (χ0n) is 14.4. The molecule has 1 amide bonds. The van der Waals surface area contributed by atoms with Gasteiger partial charge in [0.05, 0.1) is 24.3 Å². The van der Waals surface area contributed by atoms with Crippen LogP contribution in [0.5, 0.6) is 5.75 Å². The number of methoxy groups -OCH3 is 1. The molecule has 3 aromatic rings. The largest absolute Gasteiger partial charge is 0.497 e. The number of nitrogens with zero attached hydrogens (tertiary/aromatic N) is 2. The van der Waals surface area contributed by atoms with Gasteiger partial charge in [-0.25, -0.2) is 4.98 Å². The normalized spacial score (nSPS) is 12.0. The molecule has 1 aromatic heterocycles. The van der Waals surface area contributed by atoms with Gasteiger partial charge in [0.1, 0.15) is 11.8 Å². The van der Waals surface area contributed by atoms with Gasteiger partial charge in [-0.05, 0) is 42.8 Å². The Labute approximate surface area is 155 Å². The number of rotatable bonds is 5. The highest BCUT2D eigenvalue weighted by Crippen LogP contribution is 2.15. The summed E-state index contributed by atoms with van der Waals surface area (Å²) in [6, 6.07) is 11.6. The average Bonchev–Trinajstić information content (AvgIpc) is 2.66. The predicted molar refractivity (Wildman–Crippen MR) is 101 cm³/mol. The van der Waals surface area contributed by atoms with Gasteiger partial charge < -0.3 is 10.1 Å². The third kappa shape index (κ3) is 3.70. The lowest BCUT2D eigenvalue weighted by Gasteiger charge is -2.15. The Balaban J connectivity index is 1.76. The first-order valence-electron chi connectivity index (χ1n) is 8.06. The molecule has 1 N–H and O–H groups in total. The highest BCUT2D eigenvalue weighted by molar-refractivity contribution is 6.31. The van der Waals surface area contributed by atoms with Crippen LogP contribution < -0.4 is 15.6 Å². The predicted octanol–water partition coefficient (Wildman–Crippen LogP) is 2.94. The molecule has 0 saturated heterocycles. The van der Waals surface area contributed by atoms with Gasteiger partial charge in [-0.2, -0.15) is 0 Å². The Morgan fingerprint density at radius 2 is 2.00 bits per heavy atom. The van der Waals surface area contributed by atoms with E-state index >= 15 is 0 Å². The molecular weight excluding hydrogens is 354 g/mol. The summed E-state index contributed by atoms with van der Waals surface area (Å²) in [5, 5.41) is 3.66. The van der Waals surface area contributed by atoms with E-state index < -0.39 is 6.04 Å². The van der Waals surface area contributed by atoms with E-state index in [-0.39, 0.29) is 11.5 Å². The van der Waals surface area contributed by atoms with Crippen LogP contribution in [0.3, 0.4) is 0 Å². The van der Waals surface area contributed by atoms with Gasteiger partial charge in [0, 0.05) is 11.6 Å². The molecule has 1 unspecified atom stereocenters. The standard InChI is InChI=1S/C19H18ClN3O3/c1-12(18(24)21-10-13-3-6-15(26-2)7-4-13)23-11-22-17-8-5-14(20)9-16(17)19(23)25/h3-9,11-12H,10H2,1-2H3,(H,21,24). The topological polar surface area (TPSA) is 73.2 Å². The number of carbonyl (C=O) groups excluding carboxylic acids is 1. The zero-order chi connectivity index (χ0) is 18.7. The molecule has 3 rings (SSSR count). The van der Waals surface area contributed by atoms with E-state index in [2.05, 4.69) is 10.3 Å². The van der Waals surface area contributed by atoms with E-state index in [4.69, 9.17) is 16.3 Å². The molecule has 0 saturated carbocycles. The number of hydrogen-bond donors (Lipinski definition) is 1. The number of amides is 1. The third-order valence-electron chi connectivity index (χ3n) is 4.17. The summed E-state index contributed by atoms with van der Waals surface area (Å²) >= 11 is 5.96. The quantitative estimate of drug-likeness (QED) is 0.748. The number of ether oxygens (including phenoxy) is 1. The van der Waals surface area contributed by atoms with Crippen LogP contribution in [0.1, 0.15) is 18.5 Å². The average molecular weight is 372 g/mol. The number of nitrogens with one attached hydrogen (secondary N) is 1. The van der Waals surface area contributed by atoms with Gasteiger partial charge in [0.2, 0.25) is 5.91 Å². The molecule has 0 fully saturated rings. The molecule has 0 aliphatic rings. The molecule has 0 aliphatic heterocycles. The maximum Gasteiger partial charge on any atom is 0.261 e. The van der Waals surface area contributed by atoms with Crippen LogP contribution in [0.2, 0.25) is 5.02 Å². The summed E-state index contributed by atoms with van der Waals surface area (Å²) in [7, 11) is 1.60. The van der Waals surface area contributed by atoms with Crippen LogP contribution in [0.15, 0.2) is 53.6 Å². The monoisotopic (exact) mass is 371 g/mol. The summed E-state index contributed by atoms with van der Waals surface area (Å²) in [5.41, 5.74) is 1.17. The van der Waals surface area contributed by atoms with E-state index in [0.29, 0.717) is 22.5 Å². The second kappa shape index (κ2) is 7.58. The maximum atomic E-state index is 12.6. The van der Waals surface area contributed by atoms with Crippen molar-refractivity contribution in [2.75, 3.05) is 7.11 Å². The van der Waals surface area contributed by atoms with Gasteiger partial charge in [-0.1, -0.05) is 23.7 Å². The number of halogens is 1. The summed E-state index contributed by atoms with van der Waals surface area (Å²) < 4.78 is 6.41. The smallest absolute Gasteiger partial charge is 0.261 e. The van der Waals surface area contributed by atoms with Crippen LogP contribution in [0.4, 0.5) is 0 Å². The Morgan fingerprint density at radius 3 is 2.69 bits per heavy atom. The van der Waals surface area contributed by atoms with Gasteiger partial charge in [-0.3, -0.25) is 14.2 Å². The lowest BCUT2D eigenvalue weighted by Crippen LogP contribution is -2.35. The second-order valence-electron chi connectivity index (χ2n) is 5.86. The van der Waals surface area contributed by atoms with Crippen molar-refractivity contribution in [3.63, 3.8) is 0 Å². The summed E-state index contributed by atoms with van der Waals surface area (Å²) in [4.78, 5) is 29.3. The fourth-order valence-electron chi connectivity index (χ4n) is 2.59. The van der Waals surface area contributed by atoms with Crippen molar-refractivity contribution in [1.82, 2.24) is 14.9 Å². The minimum absolute atomic E-state index is 0.272. The van der Waals surface area contributed by atoms with Crippen LogP contribution in [0, 0.1) is 0 Å². The molecule has 0 radical (unpaired) electrons. The maximum absolute atomic E-state index is 12.6. The van der Waals surface area contributed by atoms with Crippen molar-refractivity contribution in [1.29, 1.82) is 0 Å². The first kappa shape index (κ1) is 17.9. The lowest BCUT2D eigenvalue weighted by molar-refractivity contribution is -0.124. The van der Waals surface area contributed by atoms with E-state index in [1.807, 2.05) is 24.3 Å². The van der Waals surface area contributed by atoms with Crippen molar-refractivity contribution in [2.45, 2.75) is 19.5 Å². The van der Waals surface area contributed by atoms with Gasteiger partial charge in [-0.15, -0.1) is 0 Å². The number of benzene rings is 2. The number of aromatic nitrogens is 2. The molecule has 7 heteroatoms. The number of fused-ring (bicyclic) bond motifs is 1. The van der Waals surface area contributed by atoms with Crippen molar-refractivity contribution in [3.8, 4) is 5.75 Å². The molecule has 0 bridgehead atoms. The first-order valence-corrected chi connectivity index (χ1v) is 8.44. The van der Waals surface area contributed by atoms with E-state index in [1.54, 1.807) is 32.2 Å². The first-order chi connectivity index (χ1) is 12.5. The van der Waals surface area contributed by atoms with Crippen LogP contribution in [-0.2, 0) is 11.3 Å². The van der Waals surface area contributed by atoms with Gasteiger partial charge in [0.25, 0.3) is 5.56 Å². The van der Waals surface area contributed by atoms with E-state index in [9.17, 15) is 9.59 Å².